The number of urea groups is 1. The highest BCUT2D eigenvalue weighted by Gasteiger charge is 2.11. The summed E-state index contributed by atoms with van der Waals surface area (Å²) < 4.78 is 38.6. The Morgan fingerprint density at radius 1 is 1.37 bits per heavy atom. The lowest BCUT2D eigenvalue weighted by atomic mass is 10.1. The van der Waals surface area contributed by atoms with Gasteiger partial charge >= 0.3 is 6.03 Å². The quantitative estimate of drug-likeness (QED) is 0.648. The first-order chi connectivity index (χ1) is 8.95. The van der Waals surface area contributed by atoms with Crippen LogP contribution in [-0.4, -0.2) is 31.1 Å². The van der Waals surface area contributed by atoms with Gasteiger partial charge in [-0.2, -0.15) is 0 Å². The third kappa shape index (κ3) is 4.31. The second kappa shape index (κ2) is 6.82. The van der Waals surface area contributed by atoms with Gasteiger partial charge in [0, 0.05) is 20.1 Å². The van der Waals surface area contributed by atoms with Crippen molar-refractivity contribution in [1.29, 1.82) is 0 Å². The van der Waals surface area contributed by atoms with E-state index in [1.54, 1.807) is 13.1 Å². The van der Waals surface area contributed by atoms with Crippen LogP contribution in [0.25, 0.3) is 0 Å². The molecule has 0 aliphatic carbocycles. The van der Waals surface area contributed by atoms with Gasteiger partial charge in [-0.05, 0) is 24.1 Å². The molecule has 0 radical (unpaired) electrons. The van der Waals surface area contributed by atoms with Gasteiger partial charge in [0.05, 0.1) is 0 Å². The Kier molecular flexibility index (Phi) is 5.41. The van der Waals surface area contributed by atoms with Gasteiger partial charge in [0.25, 0.3) is 0 Å². The largest absolute Gasteiger partial charge is 0.338 e. The van der Waals surface area contributed by atoms with Crippen molar-refractivity contribution in [2.45, 2.75) is 6.42 Å². The molecule has 2 amide bonds. The molecule has 0 fully saturated rings. The number of likely N-dealkylation sites (N-methyl/N-ethyl adjacent to an activating group) is 1. The van der Waals surface area contributed by atoms with E-state index in [0.717, 1.165) is 12.1 Å². The maximum absolute atomic E-state index is 12.9. The Labute approximate surface area is 109 Å². The van der Waals surface area contributed by atoms with Crippen molar-refractivity contribution in [3.63, 3.8) is 0 Å². The van der Waals surface area contributed by atoms with Crippen molar-refractivity contribution in [3.05, 3.63) is 47.8 Å². The molecule has 104 valence electrons. The molecule has 0 saturated heterocycles. The van der Waals surface area contributed by atoms with Crippen LogP contribution >= 0.6 is 0 Å². The van der Waals surface area contributed by atoms with Gasteiger partial charge in [0.2, 0.25) is 0 Å². The fourth-order valence-electron chi connectivity index (χ4n) is 1.48. The fraction of sp³-hybridized carbons (Fsp3) is 0.308. The van der Waals surface area contributed by atoms with Crippen LogP contribution in [0.2, 0.25) is 0 Å². The summed E-state index contributed by atoms with van der Waals surface area (Å²) in [5.74, 6) is -3.95. The maximum atomic E-state index is 12.9. The Hall–Kier alpha value is -1.98. The number of hydrogen-bond donors (Lipinski definition) is 1. The lowest BCUT2D eigenvalue weighted by Gasteiger charge is -2.15. The number of hydrogen-bond acceptors (Lipinski definition) is 1. The predicted octanol–water partition coefficient (Wildman–Crippen LogP) is 2.47. The number of halogens is 3. The molecule has 6 heteroatoms. The van der Waals surface area contributed by atoms with E-state index in [2.05, 4.69) is 11.9 Å². The molecular weight excluding hydrogens is 257 g/mol. The number of nitrogens with zero attached hydrogens (tertiary/aromatic N) is 1. The zero-order valence-electron chi connectivity index (χ0n) is 10.5. The molecule has 0 unspecified atom stereocenters. The fourth-order valence-corrected chi connectivity index (χ4v) is 1.48. The van der Waals surface area contributed by atoms with Gasteiger partial charge in [-0.1, -0.05) is 6.08 Å². The average molecular weight is 272 g/mol. The molecule has 0 saturated carbocycles. The predicted molar refractivity (Wildman–Crippen MR) is 66.2 cm³/mol. The Morgan fingerprint density at radius 2 is 1.95 bits per heavy atom. The van der Waals surface area contributed by atoms with E-state index in [0.29, 0.717) is 6.54 Å². The first-order valence-corrected chi connectivity index (χ1v) is 5.69. The SMILES string of the molecule is C=CCN(C)C(=O)NCCc1cc(F)c(F)c(F)c1. The van der Waals surface area contributed by atoms with Gasteiger partial charge in [-0.25, -0.2) is 18.0 Å². The minimum absolute atomic E-state index is 0.199. The van der Waals surface area contributed by atoms with E-state index in [4.69, 9.17) is 0 Å². The molecule has 0 heterocycles. The van der Waals surface area contributed by atoms with E-state index in [1.807, 2.05) is 0 Å². The van der Waals surface area contributed by atoms with Crippen LogP contribution in [0.5, 0.6) is 0 Å². The van der Waals surface area contributed by atoms with Gasteiger partial charge in [0.15, 0.2) is 17.5 Å². The monoisotopic (exact) mass is 272 g/mol. The molecule has 0 atom stereocenters. The molecule has 1 aromatic rings. The third-order valence-electron chi connectivity index (χ3n) is 2.48. The van der Waals surface area contributed by atoms with E-state index in [9.17, 15) is 18.0 Å². The summed E-state index contributed by atoms with van der Waals surface area (Å²) in [6.45, 7) is 4.09. The van der Waals surface area contributed by atoms with Gasteiger partial charge in [-0.3, -0.25) is 0 Å². The summed E-state index contributed by atoms with van der Waals surface area (Å²) in [5.41, 5.74) is 0.281. The van der Waals surface area contributed by atoms with Gasteiger partial charge in [-0.15, -0.1) is 6.58 Å². The third-order valence-corrected chi connectivity index (χ3v) is 2.48. The van der Waals surface area contributed by atoms with Crippen LogP contribution in [0.3, 0.4) is 0 Å². The number of carbonyl (C=O) groups is 1. The van der Waals surface area contributed by atoms with Crippen molar-refractivity contribution >= 4 is 6.03 Å². The normalized spacial score (nSPS) is 10.1. The first-order valence-electron chi connectivity index (χ1n) is 5.69. The summed E-state index contributed by atoms with van der Waals surface area (Å²) in [4.78, 5) is 12.9. The summed E-state index contributed by atoms with van der Waals surface area (Å²) in [6, 6.07) is 1.51. The van der Waals surface area contributed by atoms with Gasteiger partial charge < -0.3 is 10.2 Å². The van der Waals surface area contributed by atoms with E-state index >= 15 is 0 Å². The highest BCUT2D eigenvalue weighted by Crippen LogP contribution is 2.13. The molecule has 0 aliphatic rings. The van der Waals surface area contributed by atoms with Crippen molar-refractivity contribution < 1.29 is 18.0 Å². The number of rotatable bonds is 5. The van der Waals surface area contributed by atoms with Crippen LogP contribution in [0.4, 0.5) is 18.0 Å². The number of nitrogens with one attached hydrogen (secondary N) is 1. The summed E-state index contributed by atoms with van der Waals surface area (Å²) in [6.07, 6.45) is 1.78. The van der Waals surface area contributed by atoms with Crippen molar-refractivity contribution in [1.82, 2.24) is 10.2 Å². The second-order valence-corrected chi connectivity index (χ2v) is 4.02. The summed E-state index contributed by atoms with van der Waals surface area (Å²) in [7, 11) is 1.59. The maximum Gasteiger partial charge on any atom is 0.317 e. The zero-order chi connectivity index (χ0) is 14.4. The Morgan fingerprint density at radius 3 is 2.47 bits per heavy atom. The minimum atomic E-state index is -1.49. The lowest BCUT2D eigenvalue weighted by molar-refractivity contribution is 0.213. The minimum Gasteiger partial charge on any atom is -0.338 e. The Balaban J connectivity index is 2.50. The van der Waals surface area contributed by atoms with E-state index in [1.165, 1.54) is 4.90 Å². The zero-order valence-corrected chi connectivity index (χ0v) is 10.5. The number of amides is 2. The topological polar surface area (TPSA) is 32.3 Å². The smallest absolute Gasteiger partial charge is 0.317 e. The molecule has 0 spiro atoms. The molecule has 0 aromatic heterocycles. The van der Waals surface area contributed by atoms with E-state index in [-0.39, 0.29) is 24.6 Å². The van der Waals surface area contributed by atoms with E-state index < -0.39 is 17.5 Å². The summed E-state index contributed by atoms with van der Waals surface area (Å²) in [5, 5.41) is 2.57. The summed E-state index contributed by atoms with van der Waals surface area (Å²) >= 11 is 0. The lowest BCUT2D eigenvalue weighted by Crippen LogP contribution is -2.38. The van der Waals surface area contributed by atoms with Crippen molar-refractivity contribution in [2.75, 3.05) is 20.1 Å². The standard InChI is InChI=1S/C13H15F3N2O/c1-3-6-18(2)13(19)17-5-4-9-7-10(14)12(16)11(15)8-9/h3,7-8H,1,4-6H2,2H3,(H,17,19). The highest BCUT2D eigenvalue weighted by atomic mass is 19.2. The molecule has 1 N–H and O–H groups in total. The number of carbonyl (C=O) groups excluding carboxylic acids is 1. The molecule has 19 heavy (non-hydrogen) atoms. The van der Waals surface area contributed by atoms with Crippen LogP contribution in [0, 0.1) is 17.5 Å². The molecule has 0 bridgehead atoms. The Bertz CT molecular complexity index is 454. The first kappa shape index (κ1) is 15.1. The molecule has 1 rings (SSSR count). The average Bonchev–Trinajstić information content (AvgIpc) is 2.36. The second-order valence-electron chi connectivity index (χ2n) is 4.02. The van der Waals surface area contributed by atoms with Crippen LogP contribution in [-0.2, 0) is 6.42 Å². The van der Waals surface area contributed by atoms with Gasteiger partial charge in [0.1, 0.15) is 0 Å². The molecule has 1 aromatic carbocycles. The van der Waals surface area contributed by atoms with Crippen molar-refractivity contribution in [2.24, 2.45) is 0 Å². The van der Waals surface area contributed by atoms with Crippen LogP contribution < -0.4 is 5.32 Å². The van der Waals surface area contributed by atoms with Crippen molar-refractivity contribution in [3.8, 4) is 0 Å². The molecule has 0 aliphatic heterocycles. The number of benzene rings is 1. The highest BCUT2D eigenvalue weighted by molar-refractivity contribution is 5.73. The van der Waals surface area contributed by atoms with Crippen LogP contribution in [0.1, 0.15) is 5.56 Å². The molecular formula is C13H15F3N2O. The van der Waals surface area contributed by atoms with Crippen LogP contribution in [0.15, 0.2) is 24.8 Å². The molecule has 3 nitrogen and oxygen atoms in total.